The van der Waals surface area contributed by atoms with Gasteiger partial charge in [0.1, 0.15) is 5.03 Å². The van der Waals surface area contributed by atoms with Crippen molar-refractivity contribution in [3.05, 3.63) is 54.9 Å². The third kappa shape index (κ3) is 3.87. The quantitative estimate of drug-likeness (QED) is 0.412. The summed E-state index contributed by atoms with van der Waals surface area (Å²) >= 11 is 1.39. The van der Waals surface area contributed by atoms with Gasteiger partial charge in [-0.1, -0.05) is 6.07 Å². The zero-order valence-electron chi connectivity index (χ0n) is 17.5. The van der Waals surface area contributed by atoms with Gasteiger partial charge in [-0.25, -0.2) is 14.5 Å². The van der Waals surface area contributed by atoms with E-state index in [-0.39, 0.29) is 11.8 Å². The summed E-state index contributed by atoms with van der Waals surface area (Å²) in [6.45, 7) is 0. The Morgan fingerprint density at radius 1 is 1.06 bits per heavy atom. The SMILES string of the molecule is COc1cccc(-c2ccc3nnc(Sc4ccc5nc(NC(=O)C6CC6)cn5n4)n3c2)n1. The number of nitrogens with zero attached hydrogens (tertiary/aromatic N) is 7. The molecule has 0 radical (unpaired) electrons. The Hall–Kier alpha value is -3.99. The molecule has 1 N–H and O–H groups in total. The van der Waals surface area contributed by atoms with E-state index in [4.69, 9.17) is 4.74 Å². The average molecular weight is 459 g/mol. The first-order chi connectivity index (χ1) is 16.2. The molecule has 5 aromatic heterocycles. The fourth-order valence-corrected chi connectivity index (χ4v) is 4.20. The van der Waals surface area contributed by atoms with Gasteiger partial charge in [0.2, 0.25) is 16.9 Å². The van der Waals surface area contributed by atoms with E-state index < -0.39 is 0 Å². The molecule has 164 valence electrons. The van der Waals surface area contributed by atoms with Gasteiger partial charge in [0, 0.05) is 23.7 Å². The molecule has 0 spiro atoms. The summed E-state index contributed by atoms with van der Waals surface area (Å²) in [6, 6.07) is 13.2. The highest BCUT2D eigenvalue weighted by atomic mass is 32.2. The van der Waals surface area contributed by atoms with Crippen LogP contribution in [0.4, 0.5) is 5.82 Å². The Bertz CT molecular complexity index is 1510. The lowest BCUT2D eigenvalue weighted by atomic mass is 10.2. The van der Waals surface area contributed by atoms with E-state index in [0.29, 0.717) is 22.5 Å². The number of fused-ring (bicyclic) bond motifs is 2. The Labute approximate surface area is 192 Å². The van der Waals surface area contributed by atoms with E-state index in [1.807, 2.05) is 53.1 Å². The molecule has 0 unspecified atom stereocenters. The highest BCUT2D eigenvalue weighted by Gasteiger charge is 2.30. The molecule has 5 aromatic rings. The number of ether oxygens (including phenoxy) is 1. The first-order valence-corrected chi connectivity index (χ1v) is 11.2. The number of nitrogens with one attached hydrogen (secondary N) is 1. The van der Waals surface area contributed by atoms with Crippen molar-refractivity contribution < 1.29 is 9.53 Å². The fraction of sp³-hybridized carbons (Fsp3) is 0.182. The number of carbonyl (C=O) groups is 1. The monoisotopic (exact) mass is 458 g/mol. The molecule has 0 bridgehead atoms. The second-order valence-electron chi connectivity index (χ2n) is 7.66. The molecule has 0 atom stereocenters. The predicted molar refractivity (Wildman–Crippen MR) is 121 cm³/mol. The molecule has 0 aliphatic heterocycles. The third-order valence-electron chi connectivity index (χ3n) is 5.29. The lowest BCUT2D eigenvalue weighted by molar-refractivity contribution is -0.117. The van der Waals surface area contributed by atoms with Crippen LogP contribution in [0.3, 0.4) is 0 Å². The predicted octanol–water partition coefficient (Wildman–Crippen LogP) is 3.34. The minimum absolute atomic E-state index is 0.0178. The molecule has 1 fully saturated rings. The number of rotatable bonds is 6. The van der Waals surface area contributed by atoms with Crippen molar-refractivity contribution in [2.75, 3.05) is 12.4 Å². The van der Waals surface area contributed by atoms with Crippen molar-refractivity contribution in [2.45, 2.75) is 23.0 Å². The molecular weight excluding hydrogens is 440 g/mol. The van der Waals surface area contributed by atoms with Crippen LogP contribution in [-0.4, -0.2) is 47.2 Å². The Morgan fingerprint density at radius 2 is 1.94 bits per heavy atom. The zero-order chi connectivity index (χ0) is 22.4. The minimum Gasteiger partial charge on any atom is -0.481 e. The van der Waals surface area contributed by atoms with E-state index in [9.17, 15) is 4.79 Å². The Morgan fingerprint density at radius 3 is 2.79 bits per heavy atom. The molecule has 0 saturated heterocycles. The number of hydrogen-bond donors (Lipinski definition) is 1. The number of imidazole rings is 1. The maximum atomic E-state index is 12.0. The number of amides is 1. The van der Waals surface area contributed by atoms with Gasteiger partial charge in [0.25, 0.3) is 0 Å². The van der Waals surface area contributed by atoms with E-state index in [1.54, 1.807) is 17.8 Å². The molecule has 0 aromatic carbocycles. The van der Waals surface area contributed by atoms with Crippen LogP contribution >= 0.6 is 11.8 Å². The first-order valence-electron chi connectivity index (χ1n) is 10.4. The van der Waals surface area contributed by atoms with E-state index in [0.717, 1.165) is 34.8 Å². The van der Waals surface area contributed by atoms with Gasteiger partial charge < -0.3 is 10.1 Å². The van der Waals surface area contributed by atoms with Crippen molar-refractivity contribution in [3.8, 4) is 17.1 Å². The van der Waals surface area contributed by atoms with Gasteiger partial charge in [-0.2, -0.15) is 5.10 Å². The van der Waals surface area contributed by atoms with Crippen molar-refractivity contribution in [3.63, 3.8) is 0 Å². The second kappa shape index (κ2) is 7.85. The maximum Gasteiger partial charge on any atom is 0.228 e. The lowest BCUT2D eigenvalue weighted by Gasteiger charge is -2.05. The summed E-state index contributed by atoms with van der Waals surface area (Å²) in [5.41, 5.74) is 3.08. The minimum atomic E-state index is 0.0178. The van der Waals surface area contributed by atoms with E-state index in [1.165, 1.54) is 11.8 Å². The van der Waals surface area contributed by atoms with Crippen molar-refractivity contribution in [1.82, 2.24) is 34.2 Å². The van der Waals surface area contributed by atoms with Crippen LogP contribution in [0.1, 0.15) is 12.8 Å². The molecule has 10 nitrogen and oxygen atoms in total. The molecule has 1 saturated carbocycles. The molecule has 1 amide bonds. The van der Waals surface area contributed by atoms with Gasteiger partial charge in [-0.3, -0.25) is 9.20 Å². The maximum absolute atomic E-state index is 12.0. The molecule has 5 heterocycles. The Kier molecular flexibility index (Phi) is 4.68. The van der Waals surface area contributed by atoms with Gasteiger partial charge in [-0.15, -0.1) is 10.2 Å². The van der Waals surface area contributed by atoms with Crippen LogP contribution < -0.4 is 10.1 Å². The van der Waals surface area contributed by atoms with Crippen LogP contribution in [0.25, 0.3) is 22.6 Å². The molecule has 1 aliphatic rings. The van der Waals surface area contributed by atoms with E-state index in [2.05, 4.69) is 30.6 Å². The summed E-state index contributed by atoms with van der Waals surface area (Å²) in [5.74, 6) is 1.19. The van der Waals surface area contributed by atoms with Crippen LogP contribution in [-0.2, 0) is 4.79 Å². The number of hydrogen-bond acceptors (Lipinski definition) is 8. The smallest absolute Gasteiger partial charge is 0.228 e. The standard InChI is InChI=1S/C22H18N8O2S/c1-32-19-4-2-3-15(23-19)14-7-8-18-26-27-22(29(18)11-14)33-20-10-9-17-24-16(12-30(17)28-20)25-21(31)13-5-6-13/h2-4,7-13H,5-6H2,1H3,(H,25,31). The molecule has 11 heteroatoms. The molecule has 33 heavy (non-hydrogen) atoms. The lowest BCUT2D eigenvalue weighted by Crippen LogP contribution is -2.13. The summed E-state index contributed by atoms with van der Waals surface area (Å²) in [6.07, 6.45) is 5.55. The number of pyridine rings is 2. The summed E-state index contributed by atoms with van der Waals surface area (Å²) in [4.78, 5) is 20.9. The number of aromatic nitrogens is 7. The zero-order valence-corrected chi connectivity index (χ0v) is 18.4. The largest absolute Gasteiger partial charge is 0.481 e. The first kappa shape index (κ1) is 19.7. The number of methoxy groups -OCH3 is 1. The summed E-state index contributed by atoms with van der Waals surface area (Å²) in [7, 11) is 1.60. The number of carbonyl (C=O) groups excluding carboxylic acids is 1. The van der Waals surface area contributed by atoms with Gasteiger partial charge in [0.05, 0.1) is 19.0 Å². The van der Waals surface area contributed by atoms with Crippen molar-refractivity contribution in [2.24, 2.45) is 5.92 Å². The van der Waals surface area contributed by atoms with Crippen molar-refractivity contribution in [1.29, 1.82) is 0 Å². The third-order valence-corrected chi connectivity index (χ3v) is 6.18. The topological polar surface area (TPSA) is 112 Å². The van der Waals surface area contributed by atoms with Crippen LogP contribution in [0, 0.1) is 5.92 Å². The van der Waals surface area contributed by atoms with Crippen LogP contribution in [0.5, 0.6) is 5.88 Å². The van der Waals surface area contributed by atoms with Crippen molar-refractivity contribution >= 4 is 34.8 Å². The second-order valence-corrected chi connectivity index (χ2v) is 8.65. The number of anilines is 1. The normalized spacial score (nSPS) is 13.5. The van der Waals surface area contributed by atoms with Gasteiger partial charge in [-0.05, 0) is 54.9 Å². The highest BCUT2D eigenvalue weighted by molar-refractivity contribution is 7.99. The Balaban J connectivity index is 1.29. The molecule has 1 aliphatic carbocycles. The average Bonchev–Trinajstić information content (AvgIpc) is 3.52. The van der Waals surface area contributed by atoms with E-state index >= 15 is 0 Å². The highest BCUT2D eigenvalue weighted by Crippen LogP contribution is 2.30. The summed E-state index contributed by atoms with van der Waals surface area (Å²) < 4.78 is 8.80. The molecular formula is C22H18N8O2S. The molecule has 6 rings (SSSR count). The fourth-order valence-electron chi connectivity index (χ4n) is 3.43. The summed E-state index contributed by atoms with van der Waals surface area (Å²) in [5, 5.41) is 17.4. The van der Waals surface area contributed by atoms with Gasteiger partial charge in [0.15, 0.2) is 17.1 Å². The van der Waals surface area contributed by atoms with Gasteiger partial charge >= 0.3 is 0 Å². The van der Waals surface area contributed by atoms with Crippen LogP contribution in [0.15, 0.2) is 65.0 Å². The van der Waals surface area contributed by atoms with Crippen LogP contribution in [0.2, 0.25) is 0 Å².